The van der Waals surface area contributed by atoms with Gasteiger partial charge in [0, 0.05) is 10.6 Å². The molecule has 2 rings (SSSR count). The van der Waals surface area contributed by atoms with Crippen LogP contribution in [0, 0.1) is 0 Å². The largest absolute Gasteiger partial charge is 0.465 e. The van der Waals surface area contributed by atoms with E-state index in [9.17, 15) is 14.4 Å². The van der Waals surface area contributed by atoms with E-state index >= 15 is 0 Å². The van der Waals surface area contributed by atoms with Crippen molar-refractivity contribution in [2.75, 3.05) is 13.7 Å². The zero-order valence-electron chi connectivity index (χ0n) is 13.9. The maximum Gasteiger partial charge on any atom is 0.337 e. The third-order valence-corrected chi connectivity index (χ3v) is 3.47. The number of hydrazone groups is 1. The van der Waals surface area contributed by atoms with Crippen LogP contribution in [0.4, 0.5) is 0 Å². The number of hydrogen-bond donors (Lipinski definition) is 2. The summed E-state index contributed by atoms with van der Waals surface area (Å²) in [5, 5.41) is 6.69. The minimum Gasteiger partial charge on any atom is -0.465 e. The molecule has 0 aliphatic heterocycles. The molecule has 0 aliphatic carbocycles. The van der Waals surface area contributed by atoms with E-state index in [1.165, 1.54) is 19.4 Å². The van der Waals surface area contributed by atoms with Gasteiger partial charge in [0.25, 0.3) is 11.8 Å². The molecule has 0 fully saturated rings. The van der Waals surface area contributed by atoms with E-state index in [0.717, 1.165) is 0 Å². The number of carbonyl (C=O) groups excluding carboxylic acids is 3. The molecule has 0 radical (unpaired) electrons. The molecule has 0 bridgehead atoms. The van der Waals surface area contributed by atoms with Gasteiger partial charge < -0.3 is 10.1 Å². The number of halogens is 1. The number of nitrogens with one attached hydrogen (secondary N) is 2. The highest BCUT2D eigenvalue weighted by molar-refractivity contribution is 6.31. The van der Waals surface area contributed by atoms with Gasteiger partial charge in [-0.3, -0.25) is 9.59 Å². The predicted molar refractivity (Wildman–Crippen MR) is 97.3 cm³/mol. The molecule has 0 aliphatic rings. The van der Waals surface area contributed by atoms with Crippen LogP contribution >= 0.6 is 11.6 Å². The van der Waals surface area contributed by atoms with Crippen LogP contribution in [-0.4, -0.2) is 37.7 Å². The molecule has 26 heavy (non-hydrogen) atoms. The number of hydrogen-bond acceptors (Lipinski definition) is 5. The molecule has 0 atom stereocenters. The van der Waals surface area contributed by atoms with Crippen LogP contribution in [-0.2, 0) is 9.53 Å². The van der Waals surface area contributed by atoms with Crippen LogP contribution in [0.2, 0.25) is 5.02 Å². The molecule has 0 heterocycles. The normalized spacial score (nSPS) is 10.4. The van der Waals surface area contributed by atoms with E-state index in [2.05, 4.69) is 20.6 Å². The molecule has 2 amide bonds. The fourth-order valence-electron chi connectivity index (χ4n) is 1.93. The van der Waals surface area contributed by atoms with Crippen molar-refractivity contribution in [2.45, 2.75) is 0 Å². The monoisotopic (exact) mass is 373 g/mol. The van der Waals surface area contributed by atoms with Crippen molar-refractivity contribution >= 4 is 35.6 Å². The molecular weight excluding hydrogens is 358 g/mol. The summed E-state index contributed by atoms with van der Waals surface area (Å²) in [7, 11) is 1.30. The molecule has 2 aromatic rings. The highest BCUT2D eigenvalue weighted by Crippen LogP contribution is 2.10. The average molecular weight is 374 g/mol. The first-order chi connectivity index (χ1) is 12.5. The number of benzene rings is 2. The van der Waals surface area contributed by atoms with Gasteiger partial charge in [-0.05, 0) is 35.9 Å². The second kappa shape index (κ2) is 9.33. The third-order valence-electron chi connectivity index (χ3n) is 3.23. The Labute approximate surface area is 155 Å². The van der Waals surface area contributed by atoms with E-state index in [4.69, 9.17) is 11.6 Å². The molecule has 8 heteroatoms. The number of ether oxygens (including phenoxy) is 1. The lowest BCUT2D eigenvalue weighted by atomic mass is 10.1. The van der Waals surface area contributed by atoms with E-state index in [-0.39, 0.29) is 6.54 Å². The molecule has 0 saturated heterocycles. The quantitative estimate of drug-likeness (QED) is 0.460. The fraction of sp³-hybridized carbons (Fsp3) is 0.111. The molecule has 0 aromatic heterocycles. The van der Waals surface area contributed by atoms with Crippen LogP contribution in [0.15, 0.2) is 53.6 Å². The number of nitrogens with zero attached hydrogens (tertiary/aromatic N) is 1. The van der Waals surface area contributed by atoms with Crippen molar-refractivity contribution in [1.82, 2.24) is 10.7 Å². The van der Waals surface area contributed by atoms with E-state index in [1.54, 1.807) is 42.5 Å². The molecule has 134 valence electrons. The molecule has 2 N–H and O–H groups in total. The Morgan fingerprint density at radius 3 is 2.50 bits per heavy atom. The van der Waals surface area contributed by atoms with Crippen molar-refractivity contribution < 1.29 is 19.1 Å². The van der Waals surface area contributed by atoms with Gasteiger partial charge in [0.15, 0.2) is 0 Å². The van der Waals surface area contributed by atoms with Crippen molar-refractivity contribution in [1.29, 1.82) is 0 Å². The molecule has 0 spiro atoms. The summed E-state index contributed by atoms with van der Waals surface area (Å²) in [6.07, 6.45) is 1.41. The van der Waals surface area contributed by atoms with Gasteiger partial charge in [-0.2, -0.15) is 5.10 Å². The van der Waals surface area contributed by atoms with Gasteiger partial charge in [0.1, 0.15) is 0 Å². The number of methoxy groups -OCH3 is 1. The zero-order valence-corrected chi connectivity index (χ0v) is 14.6. The Kier molecular flexibility index (Phi) is 6.87. The Morgan fingerprint density at radius 1 is 1.12 bits per heavy atom. The molecule has 7 nitrogen and oxygen atoms in total. The molecule has 0 saturated carbocycles. The Bertz CT molecular complexity index is 835. The molecule has 2 aromatic carbocycles. The smallest absolute Gasteiger partial charge is 0.337 e. The fourth-order valence-corrected chi connectivity index (χ4v) is 2.12. The summed E-state index contributed by atoms with van der Waals surface area (Å²) in [5.74, 6) is -1.33. The van der Waals surface area contributed by atoms with Crippen molar-refractivity contribution in [3.63, 3.8) is 0 Å². The number of rotatable bonds is 6. The minimum absolute atomic E-state index is 0.232. The first-order valence-corrected chi connectivity index (χ1v) is 7.91. The van der Waals surface area contributed by atoms with Crippen LogP contribution < -0.4 is 10.7 Å². The van der Waals surface area contributed by atoms with Crippen molar-refractivity contribution in [2.24, 2.45) is 5.10 Å². The highest BCUT2D eigenvalue weighted by Gasteiger charge is 2.08. The summed E-state index contributed by atoms with van der Waals surface area (Å²) >= 11 is 5.81. The number of amides is 2. The van der Waals surface area contributed by atoms with Crippen LogP contribution in [0.3, 0.4) is 0 Å². The van der Waals surface area contributed by atoms with E-state index < -0.39 is 17.8 Å². The summed E-state index contributed by atoms with van der Waals surface area (Å²) < 4.78 is 4.60. The molecule has 0 unspecified atom stereocenters. The second-order valence-corrected chi connectivity index (χ2v) is 5.54. The van der Waals surface area contributed by atoms with Crippen LogP contribution in [0.25, 0.3) is 0 Å². The Hall–Kier alpha value is -3.19. The van der Waals surface area contributed by atoms with E-state index in [1.807, 2.05) is 0 Å². The number of esters is 1. The highest BCUT2D eigenvalue weighted by atomic mass is 35.5. The van der Waals surface area contributed by atoms with Gasteiger partial charge in [0.05, 0.1) is 25.4 Å². The zero-order chi connectivity index (χ0) is 18.9. The predicted octanol–water partition coefficient (Wildman–Crippen LogP) is 2.01. The first-order valence-electron chi connectivity index (χ1n) is 7.53. The lowest BCUT2D eigenvalue weighted by Crippen LogP contribution is -2.34. The van der Waals surface area contributed by atoms with Gasteiger partial charge in [-0.25, -0.2) is 10.2 Å². The van der Waals surface area contributed by atoms with Crippen LogP contribution in [0.5, 0.6) is 0 Å². The van der Waals surface area contributed by atoms with Gasteiger partial charge in [-0.15, -0.1) is 0 Å². The maximum absolute atomic E-state index is 11.9. The van der Waals surface area contributed by atoms with Crippen LogP contribution in [0.1, 0.15) is 26.3 Å². The Morgan fingerprint density at radius 2 is 1.85 bits per heavy atom. The lowest BCUT2D eigenvalue weighted by molar-refractivity contribution is -0.120. The third kappa shape index (κ3) is 5.71. The SMILES string of the molecule is COC(=O)c1ccc(C=NNC(=O)CNC(=O)c2cccc(Cl)c2)cc1. The van der Waals surface area contributed by atoms with Gasteiger partial charge in [0.2, 0.25) is 0 Å². The van der Waals surface area contributed by atoms with Crippen molar-refractivity contribution in [3.8, 4) is 0 Å². The summed E-state index contributed by atoms with van der Waals surface area (Å²) in [6, 6.07) is 12.9. The topological polar surface area (TPSA) is 96.9 Å². The average Bonchev–Trinajstić information content (AvgIpc) is 2.66. The standard InChI is InChI=1S/C18H16ClN3O4/c1-26-18(25)13-7-5-12(6-8-13)10-21-22-16(23)11-20-17(24)14-3-2-4-15(19)9-14/h2-10H,11H2,1H3,(H,20,24)(H,22,23). The summed E-state index contributed by atoms with van der Waals surface area (Å²) in [6.45, 7) is -0.232. The van der Waals surface area contributed by atoms with Gasteiger partial charge in [-0.1, -0.05) is 29.8 Å². The second-order valence-electron chi connectivity index (χ2n) is 5.10. The summed E-state index contributed by atoms with van der Waals surface area (Å²) in [5.41, 5.74) is 3.75. The summed E-state index contributed by atoms with van der Waals surface area (Å²) in [4.78, 5) is 34.9. The van der Waals surface area contributed by atoms with E-state index in [0.29, 0.717) is 21.7 Å². The lowest BCUT2D eigenvalue weighted by Gasteiger charge is -2.04. The number of carbonyl (C=O) groups is 3. The van der Waals surface area contributed by atoms with Crippen molar-refractivity contribution in [3.05, 3.63) is 70.2 Å². The minimum atomic E-state index is -0.484. The van der Waals surface area contributed by atoms with Gasteiger partial charge >= 0.3 is 5.97 Å². The Balaban J connectivity index is 1.80. The maximum atomic E-state index is 11.9. The first kappa shape index (κ1) is 19.1. The molecular formula is C18H16ClN3O4.